The number of carbonyl (C=O) groups excluding carboxylic acids is 1. The summed E-state index contributed by atoms with van der Waals surface area (Å²) < 4.78 is 0. The third-order valence-electron chi connectivity index (χ3n) is 4.68. The first-order valence-corrected chi connectivity index (χ1v) is 9.30. The van der Waals surface area contributed by atoms with Gasteiger partial charge in [-0.1, -0.05) is 35.9 Å². The fourth-order valence-corrected chi connectivity index (χ4v) is 3.14. The Morgan fingerprint density at radius 3 is 2.62 bits per heavy atom. The van der Waals surface area contributed by atoms with E-state index in [9.17, 15) is 4.79 Å². The molecule has 2 aromatic rings. The van der Waals surface area contributed by atoms with E-state index in [0.29, 0.717) is 12.2 Å². The molecule has 1 aliphatic carbocycles. The zero-order valence-electron chi connectivity index (χ0n) is 15.3. The van der Waals surface area contributed by atoms with E-state index in [4.69, 9.17) is 0 Å². The quantitative estimate of drug-likeness (QED) is 0.732. The van der Waals surface area contributed by atoms with Crippen molar-refractivity contribution < 1.29 is 4.79 Å². The summed E-state index contributed by atoms with van der Waals surface area (Å²) in [5, 5.41) is 14.3. The lowest BCUT2D eigenvalue weighted by Crippen LogP contribution is -2.16. The topological polar surface area (TPSA) is 66.9 Å². The summed E-state index contributed by atoms with van der Waals surface area (Å²) in [6.45, 7) is 2.87. The van der Waals surface area contributed by atoms with Crippen LogP contribution in [0, 0.1) is 6.92 Å². The van der Waals surface area contributed by atoms with Crippen molar-refractivity contribution in [2.75, 3.05) is 17.2 Å². The maximum Gasteiger partial charge on any atom is 0.230 e. The number of aryl methyl sites for hydroxylation is 1. The Hall–Kier alpha value is -2.69. The van der Waals surface area contributed by atoms with Gasteiger partial charge in [0, 0.05) is 6.54 Å². The summed E-state index contributed by atoms with van der Waals surface area (Å²) in [6, 6.07) is 11.5. The standard InChI is InChI=1S/C21H26N4O/c1-16-7-5-6-10-18(16)15-21(26)23-20-12-11-19(24-25-20)22-14-13-17-8-3-2-4-9-17/h5-8,10-12H,2-4,9,13-15H2,1H3,(H,22,24)(H,23,25,26). The Morgan fingerprint density at radius 2 is 1.88 bits per heavy atom. The first-order chi connectivity index (χ1) is 12.7. The van der Waals surface area contributed by atoms with Crippen molar-refractivity contribution in [3.8, 4) is 0 Å². The minimum Gasteiger partial charge on any atom is -0.368 e. The summed E-state index contributed by atoms with van der Waals surface area (Å²) >= 11 is 0. The third-order valence-corrected chi connectivity index (χ3v) is 4.68. The van der Waals surface area contributed by atoms with Crippen LogP contribution >= 0.6 is 0 Å². The lowest BCUT2D eigenvalue weighted by Gasteiger charge is -2.13. The number of hydrogen-bond acceptors (Lipinski definition) is 4. The van der Waals surface area contributed by atoms with E-state index < -0.39 is 0 Å². The van der Waals surface area contributed by atoms with Crippen LogP contribution in [0.5, 0.6) is 0 Å². The lowest BCUT2D eigenvalue weighted by molar-refractivity contribution is -0.115. The van der Waals surface area contributed by atoms with Gasteiger partial charge in [0.1, 0.15) is 5.82 Å². The van der Waals surface area contributed by atoms with Gasteiger partial charge in [-0.2, -0.15) is 0 Å². The third kappa shape index (κ3) is 5.41. The number of nitrogens with one attached hydrogen (secondary N) is 2. The number of carbonyl (C=O) groups is 1. The fraction of sp³-hybridized carbons (Fsp3) is 0.381. The molecule has 0 radical (unpaired) electrons. The molecule has 0 atom stereocenters. The van der Waals surface area contributed by atoms with Crippen LogP contribution in [0.4, 0.5) is 11.6 Å². The minimum atomic E-state index is -0.0847. The molecule has 3 rings (SSSR count). The molecule has 0 aliphatic heterocycles. The van der Waals surface area contributed by atoms with Gasteiger partial charge in [0.2, 0.25) is 5.91 Å². The number of rotatable bonds is 7. The van der Waals surface area contributed by atoms with Crippen LogP contribution < -0.4 is 10.6 Å². The normalized spacial score (nSPS) is 13.8. The molecule has 1 heterocycles. The highest BCUT2D eigenvalue weighted by atomic mass is 16.1. The second-order valence-corrected chi connectivity index (χ2v) is 6.74. The summed E-state index contributed by atoms with van der Waals surface area (Å²) in [6.07, 6.45) is 8.82. The number of hydrogen-bond donors (Lipinski definition) is 2. The van der Waals surface area contributed by atoms with Gasteiger partial charge in [-0.3, -0.25) is 4.79 Å². The smallest absolute Gasteiger partial charge is 0.230 e. The molecule has 1 aliphatic rings. The Kier molecular flexibility index (Phi) is 6.36. The van der Waals surface area contributed by atoms with Gasteiger partial charge in [0.05, 0.1) is 6.42 Å². The van der Waals surface area contributed by atoms with Crippen molar-refractivity contribution in [2.24, 2.45) is 0 Å². The van der Waals surface area contributed by atoms with E-state index in [-0.39, 0.29) is 5.91 Å². The SMILES string of the molecule is Cc1ccccc1CC(=O)Nc1ccc(NCCC2=CCCCC2)nn1. The average molecular weight is 350 g/mol. The van der Waals surface area contributed by atoms with E-state index >= 15 is 0 Å². The summed E-state index contributed by atoms with van der Waals surface area (Å²) in [5.41, 5.74) is 3.67. The summed E-state index contributed by atoms with van der Waals surface area (Å²) in [4.78, 5) is 12.2. The molecule has 2 N–H and O–H groups in total. The molecule has 0 saturated heterocycles. The Labute approximate surface area is 154 Å². The Balaban J connectivity index is 1.45. The molecular formula is C21H26N4O. The monoisotopic (exact) mass is 350 g/mol. The van der Waals surface area contributed by atoms with Crippen molar-refractivity contribution in [1.82, 2.24) is 10.2 Å². The molecule has 26 heavy (non-hydrogen) atoms. The number of nitrogens with zero attached hydrogens (tertiary/aromatic N) is 2. The molecule has 1 amide bonds. The predicted molar refractivity (Wildman–Crippen MR) is 105 cm³/mol. The van der Waals surface area contributed by atoms with Crippen LogP contribution in [0.2, 0.25) is 0 Å². The first kappa shape index (κ1) is 18.1. The molecule has 0 spiro atoms. The van der Waals surface area contributed by atoms with Gasteiger partial charge in [-0.05, 0) is 62.3 Å². The maximum absolute atomic E-state index is 12.2. The molecule has 136 valence electrons. The molecule has 0 saturated carbocycles. The van der Waals surface area contributed by atoms with Crippen molar-refractivity contribution in [1.29, 1.82) is 0 Å². The molecule has 1 aromatic heterocycles. The number of allylic oxidation sites excluding steroid dienone is 1. The summed E-state index contributed by atoms with van der Waals surface area (Å²) in [5.74, 6) is 1.13. The van der Waals surface area contributed by atoms with Gasteiger partial charge in [0.25, 0.3) is 0 Å². The van der Waals surface area contributed by atoms with Crippen molar-refractivity contribution in [3.63, 3.8) is 0 Å². The molecule has 0 unspecified atom stereocenters. The predicted octanol–water partition coefficient (Wildman–Crippen LogP) is 4.27. The zero-order valence-corrected chi connectivity index (χ0v) is 15.3. The van der Waals surface area contributed by atoms with Gasteiger partial charge in [0.15, 0.2) is 5.82 Å². The van der Waals surface area contributed by atoms with Crippen LogP contribution in [0.1, 0.15) is 43.2 Å². The van der Waals surface area contributed by atoms with Crippen LogP contribution in [0.25, 0.3) is 0 Å². The fourth-order valence-electron chi connectivity index (χ4n) is 3.14. The van der Waals surface area contributed by atoms with Crippen LogP contribution in [-0.4, -0.2) is 22.6 Å². The maximum atomic E-state index is 12.2. The summed E-state index contributed by atoms with van der Waals surface area (Å²) in [7, 11) is 0. The number of benzene rings is 1. The molecule has 0 bridgehead atoms. The lowest BCUT2D eigenvalue weighted by atomic mass is 9.97. The van der Waals surface area contributed by atoms with Gasteiger partial charge < -0.3 is 10.6 Å². The van der Waals surface area contributed by atoms with Crippen molar-refractivity contribution >= 4 is 17.5 Å². The Morgan fingerprint density at radius 1 is 1.08 bits per heavy atom. The second-order valence-electron chi connectivity index (χ2n) is 6.74. The van der Waals surface area contributed by atoms with E-state index in [1.54, 1.807) is 6.07 Å². The number of aromatic nitrogens is 2. The van der Waals surface area contributed by atoms with Gasteiger partial charge in [-0.15, -0.1) is 10.2 Å². The highest BCUT2D eigenvalue weighted by molar-refractivity contribution is 5.91. The Bertz CT molecular complexity index is 768. The molecular weight excluding hydrogens is 324 g/mol. The van der Waals surface area contributed by atoms with E-state index in [2.05, 4.69) is 26.9 Å². The van der Waals surface area contributed by atoms with Crippen LogP contribution in [0.15, 0.2) is 48.0 Å². The van der Waals surface area contributed by atoms with Crippen molar-refractivity contribution in [3.05, 3.63) is 59.2 Å². The van der Waals surface area contributed by atoms with Crippen LogP contribution in [0.3, 0.4) is 0 Å². The van der Waals surface area contributed by atoms with Crippen molar-refractivity contribution in [2.45, 2.75) is 45.4 Å². The molecule has 0 fully saturated rings. The van der Waals surface area contributed by atoms with Crippen LogP contribution in [-0.2, 0) is 11.2 Å². The number of amides is 1. The highest BCUT2D eigenvalue weighted by Crippen LogP contribution is 2.20. The minimum absolute atomic E-state index is 0.0847. The molecule has 5 heteroatoms. The molecule has 1 aromatic carbocycles. The largest absolute Gasteiger partial charge is 0.368 e. The van der Waals surface area contributed by atoms with Gasteiger partial charge >= 0.3 is 0 Å². The average Bonchev–Trinajstić information content (AvgIpc) is 2.66. The zero-order chi connectivity index (χ0) is 18.2. The van der Waals surface area contributed by atoms with Gasteiger partial charge in [-0.25, -0.2) is 0 Å². The van der Waals surface area contributed by atoms with E-state index in [1.165, 1.54) is 31.3 Å². The highest BCUT2D eigenvalue weighted by Gasteiger charge is 2.08. The second kappa shape index (κ2) is 9.13. The molecule has 5 nitrogen and oxygen atoms in total. The number of anilines is 2. The first-order valence-electron chi connectivity index (χ1n) is 9.30. The van der Waals surface area contributed by atoms with E-state index in [1.807, 2.05) is 37.3 Å². The van der Waals surface area contributed by atoms with E-state index in [0.717, 1.165) is 29.9 Å².